The summed E-state index contributed by atoms with van der Waals surface area (Å²) in [7, 11) is 0. The summed E-state index contributed by atoms with van der Waals surface area (Å²) in [5, 5.41) is 8.24. The van der Waals surface area contributed by atoms with Crippen molar-refractivity contribution in [3.8, 4) is 0 Å². The van der Waals surface area contributed by atoms with Crippen LogP contribution in [0, 0.1) is 23.2 Å². The minimum atomic E-state index is -1.14. The highest BCUT2D eigenvalue weighted by atomic mass is 35.5. The van der Waals surface area contributed by atoms with Crippen LogP contribution in [0.3, 0.4) is 0 Å². The van der Waals surface area contributed by atoms with Crippen molar-refractivity contribution in [3.05, 3.63) is 0 Å². The Bertz CT molecular complexity index is 1130. The van der Waals surface area contributed by atoms with Crippen molar-refractivity contribution in [1.82, 2.24) is 20.9 Å². The van der Waals surface area contributed by atoms with Gasteiger partial charge < -0.3 is 31.3 Å². The third-order valence-corrected chi connectivity index (χ3v) is 10.1. The molecule has 5 N–H and O–H groups in total. The van der Waals surface area contributed by atoms with Gasteiger partial charge >= 0.3 is 12.0 Å². The predicted octanol–water partition coefficient (Wildman–Crippen LogP) is 3.35. The van der Waals surface area contributed by atoms with E-state index in [4.69, 9.17) is 33.7 Å². The number of carbonyl (C=O) groups excluding carboxylic acids is 6. The fraction of sp³-hybridized carbons (Fsp3) is 0.812. The van der Waals surface area contributed by atoms with E-state index in [9.17, 15) is 28.8 Å². The molecule has 1 heterocycles. The third kappa shape index (κ3) is 10.2. The number of nitrogens with zero attached hydrogens (tertiary/aromatic N) is 1. The number of alkyl halides is 2. The number of primary amides is 1. The van der Waals surface area contributed by atoms with E-state index >= 15 is 0 Å². The van der Waals surface area contributed by atoms with Crippen molar-refractivity contribution < 1.29 is 33.5 Å². The number of amides is 5. The van der Waals surface area contributed by atoms with Crippen molar-refractivity contribution in [2.24, 2.45) is 28.9 Å². The van der Waals surface area contributed by atoms with Gasteiger partial charge in [-0.3, -0.25) is 19.2 Å². The first-order valence-electron chi connectivity index (χ1n) is 16.5. The summed E-state index contributed by atoms with van der Waals surface area (Å²) >= 11 is 12.5. The van der Waals surface area contributed by atoms with Gasteiger partial charge in [0.2, 0.25) is 17.6 Å². The van der Waals surface area contributed by atoms with Crippen LogP contribution < -0.4 is 21.7 Å². The van der Waals surface area contributed by atoms with E-state index in [-0.39, 0.29) is 37.3 Å². The van der Waals surface area contributed by atoms with Gasteiger partial charge in [-0.1, -0.05) is 59.3 Å². The largest absolute Gasteiger partial charge is 0.461 e. The van der Waals surface area contributed by atoms with Crippen LogP contribution >= 0.6 is 23.2 Å². The highest BCUT2D eigenvalue weighted by Crippen LogP contribution is 2.35. The van der Waals surface area contributed by atoms with Crippen LogP contribution in [-0.2, 0) is 28.7 Å². The topological polar surface area (TPSA) is 177 Å². The van der Waals surface area contributed by atoms with E-state index in [1.54, 1.807) is 34.6 Å². The standard InChI is InChI=1S/C32H51Cl2N5O7/c1-17(2)46-30(44)25(32(3,4)5)38-31(45)37-23(19-12-7-6-8-13-19)29(43)39-16-20(26(33)34)15-22(39)28(42)36-21(24(40)27(35)41)14-18-10-9-11-18/h17-23,25-26H,6-16H2,1-5H3,(H2,35,41)(H,36,42)(H2,37,38,45)/t20-,21?,22+,23+,25-/m1/s1. The first-order chi connectivity index (χ1) is 21.5. The van der Waals surface area contributed by atoms with Crippen LogP contribution in [-0.4, -0.2) is 82.1 Å². The molecular weight excluding hydrogens is 637 g/mol. The molecule has 3 fully saturated rings. The Labute approximate surface area is 281 Å². The van der Waals surface area contributed by atoms with Gasteiger partial charge in [-0.25, -0.2) is 9.59 Å². The normalized spacial score (nSPS) is 22.8. The Balaban J connectivity index is 1.86. The molecule has 0 aromatic heterocycles. The molecule has 2 saturated carbocycles. The summed E-state index contributed by atoms with van der Waals surface area (Å²) in [6.07, 6.45) is 6.94. The number of halogens is 2. The number of ketones is 1. The molecular formula is C32H51Cl2N5O7. The number of likely N-dealkylation sites (tertiary alicyclic amines) is 1. The number of Topliss-reactive ketones (excluding diaryl/α,β-unsaturated/α-hetero) is 1. The molecule has 3 rings (SSSR count). The van der Waals surface area contributed by atoms with Gasteiger partial charge in [-0.15, -0.1) is 23.2 Å². The Morgan fingerprint density at radius 1 is 0.891 bits per heavy atom. The third-order valence-electron chi connectivity index (χ3n) is 9.35. The van der Waals surface area contributed by atoms with Gasteiger partial charge in [0, 0.05) is 12.5 Å². The highest BCUT2D eigenvalue weighted by molar-refractivity contribution is 6.44. The quantitative estimate of drug-likeness (QED) is 0.130. The summed E-state index contributed by atoms with van der Waals surface area (Å²) in [5.41, 5.74) is 4.61. The lowest BCUT2D eigenvalue weighted by Crippen LogP contribution is -2.61. The summed E-state index contributed by atoms with van der Waals surface area (Å²) in [6.45, 7) is 8.89. The molecule has 5 atom stereocenters. The molecule has 2 aliphatic carbocycles. The average Bonchev–Trinajstić information content (AvgIpc) is 3.40. The summed E-state index contributed by atoms with van der Waals surface area (Å²) < 4.78 is 5.38. The maximum absolute atomic E-state index is 14.4. The van der Waals surface area contributed by atoms with Crippen LogP contribution in [0.1, 0.15) is 98.8 Å². The van der Waals surface area contributed by atoms with Gasteiger partial charge in [0.25, 0.3) is 5.91 Å². The van der Waals surface area contributed by atoms with Gasteiger partial charge in [0.05, 0.1) is 12.1 Å². The first-order valence-corrected chi connectivity index (χ1v) is 17.4. The molecule has 260 valence electrons. The number of esters is 1. The molecule has 0 aromatic carbocycles. The Morgan fingerprint density at radius 3 is 2.02 bits per heavy atom. The lowest BCUT2D eigenvalue weighted by Gasteiger charge is -2.36. The molecule has 1 aliphatic heterocycles. The number of urea groups is 1. The minimum Gasteiger partial charge on any atom is -0.461 e. The van der Waals surface area contributed by atoms with Crippen molar-refractivity contribution in [2.75, 3.05) is 6.54 Å². The molecule has 14 heteroatoms. The molecule has 46 heavy (non-hydrogen) atoms. The number of hydrogen-bond acceptors (Lipinski definition) is 7. The van der Waals surface area contributed by atoms with Gasteiger partial charge in [-0.05, 0) is 56.8 Å². The zero-order valence-corrected chi connectivity index (χ0v) is 29.1. The molecule has 1 saturated heterocycles. The number of nitrogens with two attached hydrogens (primary N) is 1. The van der Waals surface area contributed by atoms with Crippen LogP contribution in [0.5, 0.6) is 0 Å². The molecule has 12 nitrogen and oxygen atoms in total. The smallest absolute Gasteiger partial charge is 0.329 e. The van der Waals surface area contributed by atoms with E-state index < -0.39 is 75.8 Å². The van der Waals surface area contributed by atoms with Crippen molar-refractivity contribution in [1.29, 1.82) is 0 Å². The fourth-order valence-corrected chi connectivity index (χ4v) is 6.91. The molecule has 0 radical (unpaired) electrons. The Morgan fingerprint density at radius 2 is 1.52 bits per heavy atom. The molecule has 5 amide bonds. The van der Waals surface area contributed by atoms with E-state index in [1.807, 2.05) is 0 Å². The Hall–Kier alpha value is -2.60. The van der Waals surface area contributed by atoms with E-state index in [0.717, 1.165) is 38.5 Å². The Kier molecular flexibility index (Phi) is 13.6. The maximum atomic E-state index is 14.4. The molecule has 0 bridgehead atoms. The van der Waals surface area contributed by atoms with Crippen LogP contribution in [0.4, 0.5) is 4.79 Å². The van der Waals surface area contributed by atoms with Crippen LogP contribution in [0.15, 0.2) is 0 Å². The van der Waals surface area contributed by atoms with E-state index in [2.05, 4.69) is 16.0 Å². The highest BCUT2D eigenvalue weighted by Gasteiger charge is 2.47. The van der Waals surface area contributed by atoms with Crippen molar-refractivity contribution in [3.63, 3.8) is 0 Å². The summed E-state index contributed by atoms with van der Waals surface area (Å²) in [6, 6.07) is -4.84. The lowest BCUT2D eigenvalue weighted by atomic mass is 9.80. The minimum absolute atomic E-state index is 0.0590. The summed E-state index contributed by atoms with van der Waals surface area (Å²) in [4.78, 5) is 79.4. The van der Waals surface area contributed by atoms with Gasteiger partial charge in [-0.2, -0.15) is 0 Å². The SMILES string of the molecule is CC(C)OC(=O)[C@@H](NC(=O)N[C@H](C(=O)N1C[C@H](C(Cl)Cl)C[C@H]1C(=O)NC(CC1CCC1)C(=O)C(N)=O)C1CCCCC1)C(C)(C)C. The monoisotopic (exact) mass is 687 g/mol. The predicted molar refractivity (Wildman–Crippen MR) is 174 cm³/mol. The molecule has 0 aromatic rings. The number of rotatable bonds is 13. The maximum Gasteiger partial charge on any atom is 0.329 e. The molecule has 1 unspecified atom stereocenters. The second-order valence-electron chi connectivity index (χ2n) is 14.4. The number of carbonyl (C=O) groups is 6. The molecule has 0 spiro atoms. The number of nitrogens with one attached hydrogen (secondary N) is 3. The second-order valence-corrected chi connectivity index (χ2v) is 15.6. The first kappa shape index (κ1) is 37.9. The zero-order valence-electron chi connectivity index (χ0n) is 27.6. The summed E-state index contributed by atoms with van der Waals surface area (Å²) in [5.74, 6) is -4.18. The lowest BCUT2D eigenvalue weighted by molar-refractivity contribution is -0.152. The van der Waals surface area contributed by atoms with Crippen LogP contribution in [0.2, 0.25) is 0 Å². The van der Waals surface area contributed by atoms with E-state index in [1.165, 1.54) is 4.90 Å². The number of ether oxygens (including phenoxy) is 1. The number of hydrogen-bond donors (Lipinski definition) is 4. The van der Waals surface area contributed by atoms with Crippen LogP contribution in [0.25, 0.3) is 0 Å². The average molecular weight is 689 g/mol. The van der Waals surface area contributed by atoms with Crippen molar-refractivity contribution in [2.45, 2.75) is 134 Å². The van der Waals surface area contributed by atoms with Gasteiger partial charge in [0.1, 0.15) is 23.0 Å². The fourth-order valence-electron chi connectivity index (χ4n) is 6.55. The van der Waals surface area contributed by atoms with Crippen molar-refractivity contribution >= 4 is 58.7 Å². The zero-order chi connectivity index (χ0) is 34.3. The van der Waals surface area contributed by atoms with E-state index in [0.29, 0.717) is 12.8 Å². The molecule has 3 aliphatic rings. The van der Waals surface area contributed by atoms with Gasteiger partial charge in [0.15, 0.2) is 0 Å². The second kappa shape index (κ2) is 16.5.